The van der Waals surface area contributed by atoms with Crippen LogP contribution in [0.1, 0.15) is 17.3 Å². The van der Waals surface area contributed by atoms with E-state index in [1.54, 1.807) is 6.07 Å². The van der Waals surface area contributed by atoms with Gasteiger partial charge in [0.1, 0.15) is 0 Å². The van der Waals surface area contributed by atoms with Crippen molar-refractivity contribution in [3.05, 3.63) is 58.1 Å². The van der Waals surface area contributed by atoms with E-state index in [2.05, 4.69) is 16.0 Å². The van der Waals surface area contributed by atoms with E-state index in [9.17, 15) is 18.0 Å². The molecule has 1 atom stereocenters. The van der Waals surface area contributed by atoms with Crippen LogP contribution in [0.3, 0.4) is 0 Å². The SMILES string of the molecule is C#CCNS(=O)(=O)c1cccc(C(=O)O[C@H](C)C(=O)Nc2ccc(Cl)cc2Cl)c1. The van der Waals surface area contributed by atoms with Gasteiger partial charge < -0.3 is 10.1 Å². The van der Waals surface area contributed by atoms with Crippen molar-refractivity contribution >= 4 is 50.8 Å². The molecule has 0 aromatic heterocycles. The van der Waals surface area contributed by atoms with Crippen LogP contribution in [0.25, 0.3) is 0 Å². The molecule has 29 heavy (non-hydrogen) atoms. The predicted octanol–water partition coefficient (Wildman–Crippen LogP) is 3.09. The number of hydrogen-bond donors (Lipinski definition) is 2. The molecule has 2 N–H and O–H groups in total. The van der Waals surface area contributed by atoms with Gasteiger partial charge in [-0.2, -0.15) is 4.72 Å². The summed E-state index contributed by atoms with van der Waals surface area (Å²) in [5.41, 5.74) is 0.259. The standard InChI is InChI=1S/C19H16Cl2N2O5S/c1-3-9-22-29(26,27)15-6-4-5-13(10-15)19(25)28-12(2)18(24)23-17-8-7-14(20)11-16(17)21/h1,4-8,10-12,22H,9H2,2H3,(H,23,24)/t12-/m1/s1. The number of terminal acetylenes is 1. The molecule has 0 aliphatic heterocycles. The zero-order chi connectivity index (χ0) is 21.6. The second kappa shape index (κ2) is 9.76. The first-order valence-corrected chi connectivity index (χ1v) is 10.4. The number of carbonyl (C=O) groups is 2. The molecule has 2 aromatic rings. The molecular weight excluding hydrogens is 439 g/mol. The minimum Gasteiger partial charge on any atom is -0.449 e. The first-order valence-electron chi connectivity index (χ1n) is 8.14. The minimum atomic E-state index is -3.88. The molecule has 7 nitrogen and oxygen atoms in total. The topological polar surface area (TPSA) is 102 Å². The van der Waals surface area contributed by atoms with Gasteiger partial charge >= 0.3 is 5.97 Å². The predicted molar refractivity (Wildman–Crippen MR) is 110 cm³/mol. The van der Waals surface area contributed by atoms with Crippen molar-refractivity contribution in [1.29, 1.82) is 0 Å². The third-order valence-corrected chi connectivity index (χ3v) is 5.53. The van der Waals surface area contributed by atoms with Gasteiger partial charge in [-0.25, -0.2) is 13.2 Å². The van der Waals surface area contributed by atoms with Crippen molar-refractivity contribution in [3.63, 3.8) is 0 Å². The summed E-state index contributed by atoms with van der Waals surface area (Å²) in [6, 6.07) is 9.67. The fraction of sp³-hybridized carbons (Fsp3) is 0.158. The first kappa shape index (κ1) is 22.7. The molecule has 0 saturated carbocycles. The number of sulfonamides is 1. The summed E-state index contributed by atoms with van der Waals surface area (Å²) in [6.45, 7) is 1.17. The molecule has 0 saturated heterocycles. The largest absolute Gasteiger partial charge is 0.449 e. The highest BCUT2D eigenvalue weighted by molar-refractivity contribution is 7.89. The second-order valence-electron chi connectivity index (χ2n) is 5.72. The molecule has 0 heterocycles. The zero-order valence-electron chi connectivity index (χ0n) is 15.1. The molecule has 0 bridgehead atoms. The fourth-order valence-corrected chi connectivity index (χ4v) is 3.55. The van der Waals surface area contributed by atoms with Crippen LogP contribution < -0.4 is 10.0 Å². The molecule has 152 valence electrons. The zero-order valence-corrected chi connectivity index (χ0v) is 17.4. The molecular formula is C19H16Cl2N2O5S. The fourth-order valence-electron chi connectivity index (χ4n) is 2.12. The van der Waals surface area contributed by atoms with Gasteiger partial charge in [-0.3, -0.25) is 4.79 Å². The number of anilines is 1. The Morgan fingerprint density at radius 1 is 1.21 bits per heavy atom. The number of ether oxygens (including phenoxy) is 1. The van der Waals surface area contributed by atoms with Crippen LogP contribution in [0.15, 0.2) is 47.4 Å². The molecule has 2 aromatic carbocycles. The van der Waals surface area contributed by atoms with Crippen molar-refractivity contribution in [2.45, 2.75) is 17.9 Å². The summed E-state index contributed by atoms with van der Waals surface area (Å²) in [4.78, 5) is 24.4. The number of esters is 1. The van der Waals surface area contributed by atoms with Gasteiger partial charge in [-0.1, -0.05) is 35.2 Å². The van der Waals surface area contributed by atoms with Gasteiger partial charge in [0.15, 0.2) is 6.10 Å². The third-order valence-electron chi connectivity index (χ3n) is 3.59. The van der Waals surface area contributed by atoms with E-state index >= 15 is 0 Å². The Labute approximate surface area is 178 Å². The minimum absolute atomic E-state index is 0.0437. The maximum absolute atomic E-state index is 12.3. The molecule has 0 radical (unpaired) electrons. The lowest BCUT2D eigenvalue weighted by atomic mass is 10.2. The second-order valence-corrected chi connectivity index (χ2v) is 8.33. The average molecular weight is 455 g/mol. The van der Waals surface area contributed by atoms with Crippen LogP contribution in [0, 0.1) is 12.3 Å². The molecule has 0 aliphatic carbocycles. The monoisotopic (exact) mass is 454 g/mol. The molecule has 0 unspecified atom stereocenters. The van der Waals surface area contributed by atoms with E-state index in [-0.39, 0.29) is 22.0 Å². The van der Waals surface area contributed by atoms with E-state index in [0.717, 1.165) is 6.07 Å². The maximum atomic E-state index is 12.3. The van der Waals surface area contributed by atoms with Gasteiger partial charge in [0.05, 0.1) is 27.7 Å². The quantitative estimate of drug-likeness (QED) is 0.494. The molecule has 10 heteroatoms. The average Bonchev–Trinajstić information content (AvgIpc) is 2.68. The lowest BCUT2D eigenvalue weighted by Gasteiger charge is -2.14. The normalized spacial score (nSPS) is 11.9. The number of benzene rings is 2. The number of halogens is 2. The molecule has 0 aliphatic rings. The van der Waals surface area contributed by atoms with Gasteiger partial charge in [-0.15, -0.1) is 6.42 Å². The van der Waals surface area contributed by atoms with Crippen molar-refractivity contribution < 1.29 is 22.7 Å². The van der Waals surface area contributed by atoms with E-state index in [1.165, 1.54) is 37.3 Å². The van der Waals surface area contributed by atoms with Crippen molar-refractivity contribution in [1.82, 2.24) is 4.72 Å². The third kappa shape index (κ3) is 6.21. The molecule has 2 rings (SSSR count). The number of rotatable bonds is 7. The smallest absolute Gasteiger partial charge is 0.338 e. The lowest BCUT2D eigenvalue weighted by molar-refractivity contribution is -0.123. The van der Waals surface area contributed by atoms with Crippen LogP contribution in [-0.2, 0) is 19.6 Å². The lowest BCUT2D eigenvalue weighted by Crippen LogP contribution is -2.30. The highest BCUT2D eigenvalue weighted by atomic mass is 35.5. The van der Waals surface area contributed by atoms with E-state index < -0.39 is 28.0 Å². The first-order chi connectivity index (χ1) is 13.6. The van der Waals surface area contributed by atoms with E-state index in [0.29, 0.717) is 10.7 Å². The van der Waals surface area contributed by atoms with Crippen LogP contribution in [-0.4, -0.2) is 32.9 Å². The van der Waals surface area contributed by atoms with Gasteiger partial charge in [0.25, 0.3) is 5.91 Å². The Morgan fingerprint density at radius 2 is 1.93 bits per heavy atom. The number of amides is 1. The Hall–Kier alpha value is -2.57. The Kier molecular flexibility index (Phi) is 7.65. The van der Waals surface area contributed by atoms with Crippen molar-refractivity contribution in [3.8, 4) is 12.3 Å². The summed E-state index contributed by atoms with van der Waals surface area (Å²) in [6.07, 6.45) is 3.87. The summed E-state index contributed by atoms with van der Waals surface area (Å²) in [7, 11) is -3.88. The molecule has 0 spiro atoms. The number of hydrogen-bond acceptors (Lipinski definition) is 5. The van der Waals surface area contributed by atoms with Gasteiger partial charge in [0, 0.05) is 5.02 Å². The van der Waals surface area contributed by atoms with E-state index in [4.69, 9.17) is 34.4 Å². The Bertz CT molecular complexity index is 1080. The highest BCUT2D eigenvalue weighted by Gasteiger charge is 2.21. The van der Waals surface area contributed by atoms with Crippen LogP contribution in [0.5, 0.6) is 0 Å². The molecule has 1 amide bonds. The van der Waals surface area contributed by atoms with Crippen molar-refractivity contribution in [2.24, 2.45) is 0 Å². The number of carbonyl (C=O) groups excluding carboxylic acids is 2. The van der Waals surface area contributed by atoms with Crippen LogP contribution in [0.2, 0.25) is 10.0 Å². The van der Waals surface area contributed by atoms with E-state index in [1.807, 2.05) is 0 Å². The summed E-state index contributed by atoms with van der Waals surface area (Å²) >= 11 is 11.8. The van der Waals surface area contributed by atoms with Crippen LogP contribution >= 0.6 is 23.2 Å². The Balaban J connectivity index is 2.08. The highest BCUT2D eigenvalue weighted by Crippen LogP contribution is 2.25. The van der Waals surface area contributed by atoms with Gasteiger partial charge in [-0.05, 0) is 43.3 Å². The van der Waals surface area contributed by atoms with Crippen molar-refractivity contribution in [2.75, 3.05) is 11.9 Å². The molecule has 0 fully saturated rings. The summed E-state index contributed by atoms with van der Waals surface area (Å²) in [5.74, 6) is 0.659. The number of nitrogens with one attached hydrogen (secondary N) is 2. The van der Waals surface area contributed by atoms with Crippen LogP contribution in [0.4, 0.5) is 5.69 Å². The Morgan fingerprint density at radius 3 is 2.59 bits per heavy atom. The van der Waals surface area contributed by atoms with Gasteiger partial charge in [0.2, 0.25) is 10.0 Å². The summed E-state index contributed by atoms with van der Waals surface area (Å²) in [5, 5.41) is 3.15. The maximum Gasteiger partial charge on any atom is 0.338 e. The summed E-state index contributed by atoms with van der Waals surface area (Å²) < 4.78 is 31.5.